The Morgan fingerprint density at radius 3 is 2.33 bits per heavy atom. The number of hydrogen-bond acceptors (Lipinski definition) is 4. The summed E-state index contributed by atoms with van der Waals surface area (Å²) < 4.78 is 0. The second kappa shape index (κ2) is 8.05. The fraction of sp³-hybridized carbons (Fsp3) is 0.400. The van der Waals surface area contributed by atoms with Crippen LogP contribution in [-0.2, 0) is 4.79 Å². The Hall–Kier alpha value is -2.95. The second-order valence-electron chi connectivity index (χ2n) is 8.59. The summed E-state index contributed by atoms with van der Waals surface area (Å²) in [6, 6.07) is 18.8. The molecule has 1 aliphatic heterocycles. The van der Waals surface area contributed by atoms with Gasteiger partial charge in [0.25, 0.3) is 0 Å². The van der Waals surface area contributed by atoms with Gasteiger partial charge in [0.1, 0.15) is 5.69 Å². The van der Waals surface area contributed by atoms with Crippen molar-refractivity contribution in [3.8, 4) is 11.3 Å². The number of piperazine rings is 1. The Labute approximate surface area is 177 Å². The van der Waals surface area contributed by atoms with Gasteiger partial charge in [-0.25, -0.2) is 0 Å². The fourth-order valence-electron chi connectivity index (χ4n) is 5.01. The molecule has 1 amide bonds. The minimum absolute atomic E-state index is 0.212. The molecule has 1 atom stereocenters. The molecule has 3 aromatic rings. The van der Waals surface area contributed by atoms with Crippen LogP contribution in [0.15, 0.2) is 54.6 Å². The highest BCUT2D eigenvalue weighted by Crippen LogP contribution is 2.33. The fourth-order valence-corrected chi connectivity index (χ4v) is 5.01. The van der Waals surface area contributed by atoms with Crippen LogP contribution in [0.5, 0.6) is 0 Å². The molecule has 0 N–H and O–H groups in total. The Kier molecular flexibility index (Phi) is 5.11. The van der Waals surface area contributed by atoms with Gasteiger partial charge in [0.2, 0.25) is 5.91 Å². The number of nitrogens with zero attached hydrogens (tertiary/aromatic N) is 4. The molecule has 0 radical (unpaired) electrons. The van der Waals surface area contributed by atoms with Crippen LogP contribution < -0.4 is 4.90 Å². The van der Waals surface area contributed by atoms with E-state index in [9.17, 15) is 4.79 Å². The molecule has 1 unspecified atom stereocenters. The Balaban J connectivity index is 1.44. The summed E-state index contributed by atoms with van der Waals surface area (Å²) in [6.07, 6.45) is 4.51. The minimum atomic E-state index is 0.212. The van der Waals surface area contributed by atoms with Gasteiger partial charge in [0, 0.05) is 47.9 Å². The number of fused-ring (bicyclic) bond motifs is 1. The summed E-state index contributed by atoms with van der Waals surface area (Å²) in [4.78, 5) is 17.3. The van der Waals surface area contributed by atoms with Crippen molar-refractivity contribution in [1.29, 1.82) is 0 Å². The van der Waals surface area contributed by atoms with Crippen molar-refractivity contribution >= 4 is 22.5 Å². The van der Waals surface area contributed by atoms with Crippen molar-refractivity contribution in [1.82, 2.24) is 15.1 Å². The quantitative estimate of drug-likeness (QED) is 0.648. The highest BCUT2D eigenvalue weighted by Gasteiger charge is 2.33. The largest absolute Gasteiger partial charge is 0.348 e. The molecule has 1 saturated heterocycles. The molecule has 1 saturated carbocycles. The van der Waals surface area contributed by atoms with Gasteiger partial charge in [0.05, 0.1) is 0 Å². The van der Waals surface area contributed by atoms with Gasteiger partial charge in [-0.1, -0.05) is 67.4 Å². The van der Waals surface area contributed by atoms with Crippen molar-refractivity contribution in [2.75, 3.05) is 24.5 Å². The molecule has 0 bridgehead atoms. The van der Waals surface area contributed by atoms with E-state index >= 15 is 0 Å². The lowest BCUT2D eigenvalue weighted by Gasteiger charge is -2.41. The highest BCUT2D eigenvalue weighted by molar-refractivity contribution is 6.00. The number of benzene rings is 2. The summed E-state index contributed by atoms with van der Waals surface area (Å²) >= 11 is 0. The van der Waals surface area contributed by atoms with Crippen molar-refractivity contribution < 1.29 is 4.79 Å². The lowest BCUT2D eigenvalue weighted by molar-refractivity contribution is -0.136. The zero-order valence-corrected chi connectivity index (χ0v) is 17.5. The summed E-state index contributed by atoms with van der Waals surface area (Å²) in [5.74, 6) is 1.52. The molecule has 1 aromatic heterocycles. The van der Waals surface area contributed by atoms with E-state index in [-0.39, 0.29) is 12.0 Å². The SMILES string of the molecule is CC1CN(C(=O)C2CCCC2)CCN1c1nnc(-c2ccccc2)c2ccccc12. The van der Waals surface area contributed by atoms with Crippen LogP contribution >= 0.6 is 0 Å². The van der Waals surface area contributed by atoms with Crippen molar-refractivity contribution in [2.24, 2.45) is 5.92 Å². The van der Waals surface area contributed by atoms with Gasteiger partial charge in [-0.15, -0.1) is 10.2 Å². The summed E-state index contributed by atoms with van der Waals surface area (Å²) in [7, 11) is 0. The first-order valence-electron chi connectivity index (χ1n) is 11.1. The Bertz CT molecular complexity index is 1050. The molecule has 1 aliphatic carbocycles. The van der Waals surface area contributed by atoms with E-state index in [0.29, 0.717) is 5.91 Å². The van der Waals surface area contributed by atoms with E-state index in [4.69, 9.17) is 0 Å². The molecule has 5 heteroatoms. The minimum Gasteiger partial charge on any atom is -0.348 e. The molecular formula is C25H28N4O. The molecule has 5 rings (SSSR count). The second-order valence-corrected chi connectivity index (χ2v) is 8.59. The number of anilines is 1. The van der Waals surface area contributed by atoms with Gasteiger partial charge in [-0.05, 0) is 19.8 Å². The van der Waals surface area contributed by atoms with Crippen LogP contribution in [0.4, 0.5) is 5.82 Å². The van der Waals surface area contributed by atoms with Crippen molar-refractivity contribution in [3.63, 3.8) is 0 Å². The average Bonchev–Trinajstić information content (AvgIpc) is 3.34. The van der Waals surface area contributed by atoms with Gasteiger partial charge < -0.3 is 9.80 Å². The first-order valence-corrected chi connectivity index (χ1v) is 11.1. The van der Waals surface area contributed by atoms with Crippen LogP contribution in [0.1, 0.15) is 32.6 Å². The van der Waals surface area contributed by atoms with Crippen LogP contribution in [0.3, 0.4) is 0 Å². The Morgan fingerprint density at radius 2 is 1.60 bits per heavy atom. The normalized spacial score (nSPS) is 20.1. The standard InChI is InChI=1S/C25H28N4O/c1-18-17-28(25(30)20-11-5-6-12-20)15-16-29(18)24-22-14-8-7-13-21(22)23(26-27-24)19-9-3-2-4-10-19/h2-4,7-10,13-14,18,20H,5-6,11-12,15-17H2,1H3. The van der Waals surface area contributed by atoms with E-state index in [1.807, 2.05) is 18.2 Å². The molecule has 2 fully saturated rings. The number of amides is 1. The van der Waals surface area contributed by atoms with Crippen LogP contribution in [0, 0.1) is 5.92 Å². The van der Waals surface area contributed by atoms with Gasteiger partial charge in [-0.3, -0.25) is 4.79 Å². The van der Waals surface area contributed by atoms with Crippen molar-refractivity contribution in [2.45, 2.75) is 38.6 Å². The molecule has 2 aliphatic rings. The molecule has 2 heterocycles. The third kappa shape index (κ3) is 3.42. The zero-order valence-electron chi connectivity index (χ0n) is 17.5. The molecule has 154 valence electrons. The molecule has 2 aromatic carbocycles. The predicted octanol–water partition coefficient (Wildman–Crippen LogP) is 4.52. The van der Waals surface area contributed by atoms with E-state index in [2.05, 4.69) is 63.3 Å². The number of aromatic nitrogens is 2. The van der Waals surface area contributed by atoms with Gasteiger partial charge in [-0.2, -0.15) is 0 Å². The first kappa shape index (κ1) is 19.0. The third-order valence-corrected chi connectivity index (χ3v) is 6.63. The van der Waals surface area contributed by atoms with Crippen LogP contribution in [0.25, 0.3) is 22.0 Å². The lowest BCUT2D eigenvalue weighted by Crippen LogP contribution is -2.55. The number of carbonyl (C=O) groups is 1. The molecular weight excluding hydrogens is 372 g/mol. The van der Waals surface area contributed by atoms with Gasteiger partial charge in [0.15, 0.2) is 5.82 Å². The number of hydrogen-bond donors (Lipinski definition) is 0. The molecule has 5 nitrogen and oxygen atoms in total. The maximum Gasteiger partial charge on any atom is 0.225 e. The monoisotopic (exact) mass is 400 g/mol. The van der Waals surface area contributed by atoms with Gasteiger partial charge >= 0.3 is 0 Å². The lowest BCUT2D eigenvalue weighted by atomic mass is 10.0. The summed E-state index contributed by atoms with van der Waals surface area (Å²) in [6.45, 7) is 4.50. The third-order valence-electron chi connectivity index (χ3n) is 6.63. The van der Waals surface area contributed by atoms with E-state index in [1.165, 1.54) is 12.8 Å². The predicted molar refractivity (Wildman–Crippen MR) is 120 cm³/mol. The topological polar surface area (TPSA) is 49.3 Å². The van der Waals surface area contributed by atoms with E-state index in [0.717, 1.165) is 60.3 Å². The number of rotatable bonds is 3. The zero-order chi connectivity index (χ0) is 20.5. The average molecular weight is 401 g/mol. The van der Waals surface area contributed by atoms with Crippen molar-refractivity contribution in [3.05, 3.63) is 54.6 Å². The van der Waals surface area contributed by atoms with E-state index in [1.54, 1.807) is 0 Å². The molecule has 30 heavy (non-hydrogen) atoms. The smallest absolute Gasteiger partial charge is 0.225 e. The summed E-state index contributed by atoms with van der Waals surface area (Å²) in [5, 5.41) is 11.5. The highest BCUT2D eigenvalue weighted by atomic mass is 16.2. The summed E-state index contributed by atoms with van der Waals surface area (Å²) in [5.41, 5.74) is 1.99. The van der Waals surface area contributed by atoms with Crippen LogP contribution in [0.2, 0.25) is 0 Å². The molecule has 0 spiro atoms. The number of carbonyl (C=O) groups excluding carboxylic acids is 1. The maximum atomic E-state index is 12.9. The van der Waals surface area contributed by atoms with Crippen LogP contribution in [-0.4, -0.2) is 46.7 Å². The van der Waals surface area contributed by atoms with E-state index < -0.39 is 0 Å². The first-order chi connectivity index (χ1) is 14.7. The maximum absolute atomic E-state index is 12.9. The Morgan fingerprint density at radius 1 is 0.900 bits per heavy atom.